The molecular weight excluding hydrogens is 500 g/mol. The Bertz CT molecular complexity index is 1220. The Labute approximate surface area is 216 Å². The largest absolute Gasteiger partial charge is 0.444 e. The van der Waals surface area contributed by atoms with Gasteiger partial charge in [0.05, 0.1) is 9.82 Å². The zero-order chi connectivity index (χ0) is 27.2. The van der Waals surface area contributed by atoms with E-state index >= 15 is 0 Å². The zero-order valence-electron chi connectivity index (χ0n) is 21.5. The molecule has 12 nitrogen and oxygen atoms in total. The van der Waals surface area contributed by atoms with Crippen molar-refractivity contribution in [3.05, 3.63) is 46.1 Å². The second-order valence-electron chi connectivity index (χ2n) is 10.2. The van der Waals surface area contributed by atoms with Crippen LogP contribution in [0, 0.1) is 16.0 Å². The van der Waals surface area contributed by atoms with Gasteiger partial charge in [-0.25, -0.2) is 18.2 Å². The molecule has 37 heavy (non-hydrogen) atoms. The van der Waals surface area contributed by atoms with Gasteiger partial charge in [-0.15, -0.1) is 0 Å². The number of benzene rings is 1. The second-order valence-corrected chi connectivity index (χ2v) is 12.1. The van der Waals surface area contributed by atoms with Crippen LogP contribution in [0.25, 0.3) is 0 Å². The standard InChI is InChI=1S/C24H34N6O6S/c1-24(2,3)36-23(31)28-18-11-9-16(10-12-18)13-25-21-19(30(32)33)15-27-22(29-21)26-14-17-7-5-6-8-20(17)37(4,34)35/h5-8,15-16,18H,9-14H2,1-4H3,(H,28,31)(H2,25,26,27,29). The number of nitro groups is 1. The molecule has 0 atom stereocenters. The summed E-state index contributed by atoms with van der Waals surface area (Å²) in [5, 5.41) is 20.5. The van der Waals surface area contributed by atoms with Gasteiger partial charge in [0.2, 0.25) is 11.8 Å². The number of hydrogen-bond acceptors (Lipinski definition) is 10. The number of carbonyl (C=O) groups excluding carboxylic acids is 1. The number of aromatic nitrogens is 2. The number of anilines is 2. The number of rotatable bonds is 9. The molecule has 1 aliphatic rings. The molecule has 0 unspecified atom stereocenters. The summed E-state index contributed by atoms with van der Waals surface area (Å²) in [7, 11) is -3.42. The fourth-order valence-corrected chi connectivity index (χ4v) is 5.08. The summed E-state index contributed by atoms with van der Waals surface area (Å²) in [4.78, 5) is 31.5. The lowest BCUT2D eigenvalue weighted by molar-refractivity contribution is -0.384. The fourth-order valence-electron chi connectivity index (χ4n) is 4.14. The molecule has 1 aromatic carbocycles. The monoisotopic (exact) mass is 534 g/mol. The van der Waals surface area contributed by atoms with Gasteiger partial charge in [-0.2, -0.15) is 4.98 Å². The summed E-state index contributed by atoms with van der Waals surface area (Å²) >= 11 is 0. The molecule has 0 radical (unpaired) electrons. The molecule has 1 heterocycles. The molecule has 2 aromatic rings. The van der Waals surface area contributed by atoms with E-state index in [1.807, 2.05) is 20.8 Å². The number of amides is 1. The van der Waals surface area contributed by atoms with E-state index in [9.17, 15) is 23.3 Å². The molecule has 13 heteroatoms. The Morgan fingerprint density at radius 1 is 1.16 bits per heavy atom. The van der Waals surface area contributed by atoms with Crippen molar-refractivity contribution in [1.29, 1.82) is 0 Å². The third-order valence-corrected chi connectivity index (χ3v) is 7.10. The van der Waals surface area contributed by atoms with Crippen molar-refractivity contribution >= 4 is 33.4 Å². The maximum atomic E-state index is 12.0. The van der Waals surface area contributed by atoms with Crippen molar-refractivity contribution in [1.82, 2.24) is 15.3 Å². The highest BCUT2D eigenvalue weighted by Crippen LogP contribution is 2.27. The molecule has 1 aromatic heterocycles. The van der Waals surface area contributed by atoms with Crippen molar-refractivity contribution in [3.63, 3.8) is 0 Å². The van der Waals surface area contributed by atoms with Crippen molar-refractivity contribution in [3.8, 4) is 0 Å². The third kappa shape index (κ3) is 8.55. The highest BCUT2D eigenvalue weighted by atomic mass is 32.2. The lowest BCUT2D eigenvalue weighted by Gasteiger charge is -2.30. The van der Waals surface area contributed by atoms with Gasteiger partial charge in [0, 0.05) is 25.4 Å². The number of nitrogens with one attached hydrogen (secondary N) is 3. The summed E-state index contributed by atoms with van der Waals surface area (Å²) in [6.45, 7) is 6.06. The number of nitrogens with zero attached hydrogens (tertiary/aromatic N) is 3. The van der Waals surface area contributed by atoms with Crippen LogP contribution in [0.1, 0.15) is 52.0 Å². The Balaban J connectivity index is 1.59. The lowest BCUT2D eigenvalue weighted by atomic mass is 9.86. The van der Waals surface area contributed by atoms with Crippen LogP contribution in [0.15, 0.2) is 35.4 Å². The van der Waals surface area contributed by atoms with Gasteiger partial charge in [0.15, 0.2) is 9.84 Å². The summed E-state index contributed by atoms with van der Waals surface area (Å²) < 4.78 is 29.4. The Kier molecular flexibility index (Phi) is 8.89. The predicted molar refractivity (Wildman–Crippen MR) is 139 cm³/mol. The van der Waals surface area contributed by atoms with Gasteiger partial charge in [-0.3, -0.25) is 10.1 Å². The topological polar surface area (TPSA) is 165 Å². The normalized spacial score (nSPS) is 18.1. The molecule has 0 saturated heterocycles. The average molecular weight is 535 g/mol. The van der Waals surface area contributed by atoms with Crippen molar-refractivity contribution in [2.24, 2.45) is 5.92 Å². The molecule has 1 fully saturated rings. The molecule has 3 N–H and O–H groups in total. The number of sulfone groups is 1. The minimum Gasteiger partial charge on any atom is -0.444 e. The minimum absolute atomic E-state index is 0.0325. The van der Waals surface area contributed by atoms with Crippen LogP contribution in [0.2, 0.25) is 0 Å². The van der Waals surface area contributed by atoms with Crippen molar-refractivity contribution < 1.29 is 22.9 Å². The summed E-state index contributed by atoms with van der Waals surface area (Å²) in [5.41, 5.74) is -0.261. The zero-order valence-corrected chi connectivity index (χ0v) is 22.3. The van der Waals surface area contributed by atoms with Gasteiger partial charge in [-0.05, 0) is 64.0 Å². The highest BCUT2D eigenvalue weighted by Gasteiger charge is 2.26. The van der Waals surface area contributed by atoms with E-state index in [0.717, 1.165) is 38.1 Å². The summed E-state index contributed by atoms with van der Waals surface area (Å²) in [6, 6.07) is 6.61. The molecular formula is C24H34N6O6S. The van der Waals surface area contributed by atoms with E-state index in [1.54, 1.807) is 18.2 Å². The maximum Gasteiger partial charge on any atom is 0.407 e. The van der Waals surface area contributed by atoms with Gasteiger partial charge in [-0.1, -0.05) is 18.2 Å². The Morgan fingerprint density at radius 2 is 1.84 bits per heavy atom. The van der Waals surface area contributed by atoms with Gasteiger partial charge in [0.25, 0.3) is 0 Å². The molecule has 1 aliphatic carbocycles. The first-order valence-corrected chi connectivity index (χ1v) is 14.0. The molecule has 0 spiro atoms. The maximum absolute atomic E-state index is 12.0. The molecule has 3 rings (SSSR count). The average Bonchev–Trinajstić information content (AvgIpc) is 2.80. The van der Waals surface area contributed by atoms with E-state index in [0.29, 0.717) is 12.1 Å². The number of hydrogen-bond donors (Lipinski definition) is 3. The summed E-state index contributed by atoms with van der Waals surface area (Å²) in [5.74, 6) is 0.485. The van der Waals surface area contributed by atoms with Gasteiger partial charge in [0.1, 0.15) is 11.8 Å². The number of ether oxygens (including phenoxy) is 1. The van der Waals surface area contributed by atoms with E-state index < -0.39 is 26.5 Å². The predicted octanol–water partition coefficient (Wildman–Crippen LogP) is 3.90. The minimum atomic E-state index is -3.42. The first-order chi connectivity index (χ1) is 17.3. The van der Waals surface area contributed by atoms with Crippen LogP contribution in [0.4, 0.5) is 22.2 Å². The Morgan fingerprint density at radius 3 is 2.46 bits per heavy atom. The number of carbonyl (C=O) groups is 1. The highest BCUT2D eigenvalue weighted by molar-refractivity contribution is 7.90. The number of alkyl carbamates (subject to hydrolysis) is 1. The van der Waals surface area contributed by atoms with Crippen molar-refractivity contribution in [2.45, 2.75) is 69.5 Å². The SMILES string of the molecule is CC(C)(C)OC(=O)NC1CCC(CNc2nc(NCc3ccccc3S(C)(=O)=O)ncc2[N+](=O)[O-])CC1. The second kappa shape index (κ2) is 11.7. The van der Waals surface area contributed by atoms with E-state index in [1.165, 1.54) is 6.07 Å². The van der Waals surface area contributed by atoms with E-state index in [2.05, 4.69) is 25.9 Å². The molecule has 0 bridgehead atoms. The smallest absolute Gasteiger partial charge is 0.407 e. The van der Waals surface area contributed by atoms with Crippen LogP contribution in [0.3, 0.4) is 0 Å². The van der Waals surface area contributed by atoms with E-state index in [-0.39, 0.29) is 40.9 Å². The van der Waals surface area contributed by atoms with Crippen LogP contribution in [-0.2, 0) is 21.1 Å². The summed E-state index contributed by atoms with van der Waals surface area (Å²) in [6.07, 6.45) is 5.07. The van der Waals surface area contributed by atoms with Crippen LogP contribution in [0.5, 0.6) is 0 Å². The quantitative estimate of drug-likeness (QED) is 0.317. The molecule has 1 amide bonds. The Hall–Kier alpha value is -3.48. The fraction of sp³-hybridized carbons (Fsp3) is 0.542. The molecule has 1 saturated carbocycles. The van der Waals surface area contributed by atoms with Crippen LogP contribution >= 0.6 is 0 Å². The molecule has 202 valence electrons. The van der Waals surface area contributed by atoms with Gasteiger partial charge >= 0.3 is 11.8 Å². The first kappa shape index (κ1) is 28.1. The third-order valence-electron chi connectivity index (χ3n) is 5.90. The van der Waals surface area contributed by atoms with Gasteiger partial charge < -0.3 is 20.7 Å². The van der Waals surface area contributed by atoms with Crippen LogP contribution < -0.4 is 16.0 Å². The van der Waals surface area contributed by atoms with E-state index in [4.69, 9.17) is 4.74 Å². The van der Waals surface area contributed by atoms with Crippen LogP contribution in [-0.4, -0.2) is 53.8 Å². The van der Waals surface area contributed by atoms with Crippen molar-refractivity contribution in [2.75, 3.05) is 23.4 Å². The molecule has 0 aliphatic heterocycles. The first-order valence-electron chi connectivity index (χ1n) is 12.1. The lowest BCUT2D eigenvalue weighted by Crippen LogP contribution is -2.41.